The third kappa shape index (κ3) is 1.95. The number of hydrogen-bond acceptors (Lipinski definition) is 6. The van der Waals surface area contributed by atoms with Crippen LogP contribution >= 0.6 is 11.5 Å². The van der Waals surface area contributed by atoms with Crippen LogP contribution < -0.4 is 9.47 Å². The zero-order chi connectivity index (χ0) is 12.8. The fourth-order valence-electron chi connectivity index (χ4n) is 1.63. The van der Waals surface area contributed by atoms with Crippen LogP contribution in [0.2, 0.25) is 0 Å². The maximum Gasteiger partial charge on any atom is 0.231 e. The molecule has 0 aliphatic carbocycles. The molecular formula is C11H9NO4S2. The van der Waals surface area contributed by atoms with Crippen molar-refractivity contribution in [1.82, 2.24) is 4.37 Å². The molecule has 0 radical (unpaired) electrons. The van der Waals surface area contributed by atoms with Crippen LogP contribution in [0.1, 0.15) is 0 Å². The van der Waals surface area contributed by atoms with E-state index in [4.69, 9.17) is 9.47 Å². The minimum atomic E-state index is -3.20. The summed E-state index contributed by atoms with van der Waals surface area (Å²) < 4.78 is 37.7. The zero-order valence-electron chi connectivity index (χ0n) is 9.41. The molecule has 94 valence electrons. The molecule has 0 unspecified atom stereocenters. The van der Waals surface area contributed by atoms with Gasteiger partial charge in [-0.25, -0.2) is 8.42 Å². The molecule has 2 heterocycles. The highest BCUT2D eigenvalue weighted by atomic mass is 32.2. The van der Waals surface area contributed by atoms with E-state index in [2.05, 4.69) is 4.37 Å². The Hall–Kier alpha value is -1.60. The van der Waals surface area contributed by atoms with Gasteiger partial charge in [-0.3, -0.25) is 0 Å². The molecule has 1 aliphatic heterocycles. The first-order valence-electron chi connectivity index (χ1n) is 5.11. The maximum atomic E-state index is 11.4. The lowest BCUT2D eigenvalue weighted by Gasteiger charge is -1.98. The minimum Gasteiger partial charge on any atom is -0.454 e. The van der Waals surface area contributed by atoms with Crippen LogP contribution in [0.3, 0.4) is 0 Å². The lowest BCUT2D eigenvalue weighted by molar-refractivity contribution is 0.174. The number of aromatic nitrogens is 1. The fourth-order valence-corrected chi connectivity index (χ4v) is 3.11. The number of benzene rings is 1. The fraction of sp³-hybridized carbons (Fsp3) is 0.182. The molecular weight excluding hydrogens is 274 g/mol. The highest BCUT2D eigenvalue weighted by Gasteiger charge is 2.17. The molecule has 1 aromatic carbocycles. The van der Waals surface area contributed by atoms with E-state index in [0.717, 1.165) is 17.1 Å². The largest absolute Gasteiger partial charge is 0.454 e. The van der Waals surface area contributed by atoms with Crippen LogP contribution in [-0.2, 0) is 9.84 Å². The molecule has 18 heavy (non-hydrogen) atoms. The van der Waals surface area contributed by atoms with Gasteiger partial charge < -0.3 is 9.47 Å². The topological polar surface area (TPSA) is 65.5 Å². The summed E-state index contributed by atoms with van der Waals surface area (Å²) in [6, 6.07) is 6.98. The van der Waals surface area contributed by atoms with Gasteiger partial charge in [0.15, 0.2) is 21.3 Å². The molecule has 5 nitrogen and oxygen atoms in total. The predicted octanol–water partition coefficient (Wildman–Crippen LogP) is 1.94. The lowest BCUT2D eigenvalue weighted by atomic mass is 10.1. The van der Waals surface area contributed by atoms with E-state index in [0.29, 0.717) is 17.2 Å². The summed E-state index contributed by atoms with van der Waals surface area (Å²) in [7, 11) is -3.20. The first kappa shape index (κ1) is 11.5. The quantitative estimate of drug-likeness (QED) is 0.842. The highest BCUT2D eigenvalue weighted by Crippen LogP contribution is 2.36. The molecule has 1 aromatic heterocycles. The van der Waals surface area contributed by atoms with Crippen LogP contribution in [0, 0.1) is 0 Å². The molecule has 0 atom stereocenters. The second-order valence-electron chi connectivity index (χ2n) is 3.87. The van der Waals surface area contributed by atoms with Gasteiger partial charge in [0.05, 0.1) is 5.69 Å². The SMILES string of the molecule is CS(=O)(=O)c1cc(-c2ccc3c(c2)OCO3)ns1. The summed E-state index contributed by atoms with van der Waals surface area (Å²) >= 11 is 0.975. The highest BCUT2D eigenvalue weighted by molar-refractivity contribution is 7.92. The number of ether oxygens (including phenoxy) is 2. The molecule has 3 rings (SSSR count). The van der Waals surface area contributed by atoms with Gasteiger partial charge in [0, 0.05) is 11.8 Å². The number of sulfone groups is 1. The number of rotatable bonds is 2. The van der Waals surface area contributed by atoms with Gasteiger partial charge in [0.1, 0.15) is 4.21 Å². The van der Waals surface area contributed by atoms with Gasteiger partial charge >= 0.3 is 0 Å². The number of nitrogens with zero attached hydrogens (tertiary/aromatic N) is 1. The molecule has 0 spiro atoms. The second kappa shape index (κ2) is 3.96. The van der Waals surface area contributed by atoms with Crippen molar-refractivity contribution in [3.8, 4) is 22.8 Å². The Balaban J connectivity index is 2.03. The summed E-state index contributed by atoms with van der Waals surface area (Å²) in [5.74, 6) is 1.35. The molecule has 0 fully saturated rings. The van der Waals surface area contributed by atoms with Crippen LogP contribution in [0.25, 0.3) is 11.3 Å². The summed E-state index contributed by atoms with van der Waals surface area (Å²) in [5, 5.41) is 0. The van der Waals surface area contributed by atoms with E-state index < -0.39 is 9.84 Å². The molecule has 0 saturated heterocycles. The second-order valence-corrected chi connectivity index (χ2v) is 6.92. The average molecular weight is 283 g/mol. The third-order valence-corrected chi connectivity index (χ3v) is 5.09. The van der Waals surface area contributed by atoms with Gasteiger partial charge in [-0.15, -0.1) is 0 Å². The van der Waals surface area contributed by atoms with E-state index in [1.54, 1.807) is 18.2 Å². The first-order chi connectivity index (χ1) is 8.54. The molecule has 0 bridgehead atoms. The Kier molecular flexibility index (Phi) is 2.53. The Bertz CT molecular complexity index is 706. The molecule has 0 saturated carbocycles. The predicted molar refractivity (Wildman–Crippen MR) is 66.8 cm³/mol. The standard InChI is InChI=1S/C11H9NO4S2/c1-18(13,14)11-5-8(12-17-11)7-2-3-9-10(4-7)16-6-15-9/h2-5H,6H2,1H3. The van der Waals surface area contributed by atoms with Crippen molar-refractivity contribution >= 4 is 21.4 Å². The first-order valence-corrected chi connectivity index (χ1v) is 7.77. The Labute approximate surface area is 108 Å². The molecule has 0 amide bonds. The Morgan fingerprint density at radius 1 is 1.22 bits per heavy atom. The van der Waals surface area contributed by atoms with Crippen molar-refractivity contribution < 1.29 is 17.9 Å². The summed E-state index contributed by atoms with van der Waals surface area (Å²) in [6.45, 7) is 0.213. The maximum absolute atomic E-state index is 11.4. The molecule has 1 aliphatic rings. The molecule has 2 aromatic rings. The van der Waals surface area contributed by atoms with Crippen molar-refractivity contribution in [3.63, 3.8) is 0 Å². The van der Waals surface area contributed by atoms with Crippen LogP contribution in [0.4, 0.5) is 0 Å². The van der Waals surface area contributed by atoms with E-state index >= 15 is 0 Å². The Morgan fingerprint density at radius 2 is 2.00 bits per heavy atom. The van der Waals surface area contributed by atoms with Crippen molar-refractivity contribution in [2.75, 3.05) is 13.0 Å². The Morgan fingerprint density at radius 3 is 2.72 bits per heavy atom. The van der Waals surface area contributed by atoms with Crippen LogP contribution in [0.5, 0.6) is 11.5 Å². The number of hydrogen-bond donors (Lipinski definition) is 0. The summed E-state index contributed by atoms with van der Waals surface area (Å²) in [6.07, 6.45) is 1.17. The van der Waals surface area contributed by atoms with Crippen LogP contribution in [-0.4, -0.2) is 25.8 Å². The van der Waals surface area contributed by atoms with Crippen LogP contribution in [0.15, 0.2) is 28.5 Å². The molecule has 0 N–H and O–H groups in total. The van der Waals surface area contributed by atoms with Gasteiger partial charge in [-0.1, -0.05) is 0 Å². The van der Waals surface area contributed by atoms with Crippen molar-refractivity contribution in [1.29, 1.82) is 0 Å². The minimum absolute atomic E-state index is 0.213. The summed E-state index contributed by atoms with van der Waals surface area (Å²) in [4.78, 5) is 0. The summed E-state index contributed by atoms with van der Waals surface area (Å²) in [5.41, 5.74) is 1.43. The molecule has 7 heteroatoms. The van der Waals surface area contributed by atoms with Gasteiger partial charge in [-0.05, 0) is 35.8 Å². The van der Waals surface area contributed by atoms with E-state index in [1.165, 1.54) is 6.26 Å². The van der Waals surface area contributed by atoms with Crippen molar-refractivity contribution in [2.45, 2.75) is 4.21 Å². The van der Waals surface area contributed by atoms with E-state index in [-0.39, 0.29) is 11.0 Å². The van der Waals surface area contributed by atoms with E-state index in [1.807, 2.05) is 6.07 Å². The van der Waals surface area contributed by atoms with Gasteiger partial charge in [-0.2, -0.15) is 4.37 Å². The van der Waals surface area contributed by atoms with Gasteiger partial charge in [0.25, 0.3) is 0 Å². The third-order valence-electron chi connectivity index (χ3n) is 2.52. The van der Waals surface area contributed by atoms with Crippen molar-refractivity contribution in [3.05, 3.63) is 24.3 Å². The monoisotopic (exact) mass is 283 g/mol. The smallest absolute Gasteiger partial charge is 0.231 e. The van der Waals surface area contributed by atoms with E-state index in [9.17, 15) is 8.42 Å². The van der Waals surface area contributed by atoms with Gasteiger partial charge in [0.2, 0.25) is 6.79 Å². The average Bonchev–Trinajstić information content (AvgIpc) is 2.96. The number of fused-ring (bicyclic) bond motifs is 1. The lowest BCUT2D eigenvalue weighted by Crippen LogP contribution is -1.92. The zero-order valence-corrected chi connectivity index (χ0v) is 11.0. The normalized spacial score (nSPS) is 13.8. The van der Waals surface area contributed by atoms with Crippen molar-refractivity contribution in [2.24, 2.45) is 0 Å².